The Kier molecular flexibility index (Phi) is 2.84. The zero-order valence-corrected chi connectivity index (χ0v) is 6.88. The smallest absolute Gasteiger partial charge is 0.0623 e. The highest BCUT2D eigenvalue weighted by Gasteiger charge is 1.90. The topological polar surface area (TPSA) is 12.9 Å². The summed E-state index contributed by atoms with van der Waals surface area (Å²) < 4.78 is 0. The van der Waals surface area contributed by atoms with Crippen LogP contribution in [0.3, 0.4) is 0 Å². The second-order valence-corrected chi connectivity index (χ2v) is 2.55. The summed E-state index contributed by atoms with van der Waals surface area (Å²) in [6, 6.07) is 4.10. The number of rotatable bonds is 3. The maximum Gasteiger partial charge on any atom is 0.0623 e. The predicted molar refractivity (Wildman–Crippen MR) is 48.3 cm³/mol. The van der Waals surface area contributed by atoms with Gasteiger partial charge in [-0.3, -0.25) is 4.98 Å². The molecule has 58 valence electrons. The summed E-state index contributed by atoms with van der Waals surface area (Å²) >= 11 is 0. The number of aryl methyl sites for hydroxylation is 1. The molecule has 0 fully saturated rings. The highest BCUT2D eigenvalue weighted by molar-refractivity contribution is 5.41. The van der Waals surface area contributed by atoms with Crippen LogP contribution >= 0.6 is 0 Å². The van der Waals surface area contributed by atoms with Gasteiger partial charge < -0.3 is 0 Å². The maximum absolute atomic E-state index is 4.20. The second kappa shape index (κ2) is 3.91. The van der Waals surface area contributed by atoms with E-state index in [2.05, 4.69) is 24.6 Å². The summed E-state index contributed by atoms with van der Waals surface area (Å²) in [6.07, 6.45) is 5.97. The fourth-order valence-electron chi connectivity index (χ4n) is 0.993. The summed E-state index contributed by atoms with van der Waals surface area (Å²) in [6.45, 7) is 5.81. The molecule has 0 aliphatic rings. The van der Waals surface area contributed by atoms with Gasteiger partial charge in [-0.2, -0.15) is 0 Å². The molecule has 0 N–H and O–H groups in total. The number of pyridine rings is 1. The number of hydrogen-bond donors (Lipinski definition) is 0. The molecule has 0 radical (unpaired) electrons. The minimum absolute atomic E-state index is 0.949. The Morgan fingerprint density at radius 3 is 2.82 bits per heavy atom. The van der Waals surface area contributed by atoms with E-state index in [1.165, 1.54) is 12.0 Å². The lowest BCUT2D eigenvalue weighted by molar-refractivity contribution is 0.913. The van der Waals surface area contributed by atoms with E-state index in [0.717, 1.165) is 12.1 Å². The highest BCUT2D eigenvalue weighted by atomic mass is 14.7. The first kappa shape index (κ1) is 7.99. The summed E-state index contributed by atoms with van der Waals surface area (Å²) in [5, 5.41) is 0. The summed E-state index contributed by atoms with van der Waals surface area (Å²) in [7, 11) is 0. The van der Waals surface area contributed by atoms with Crippen LogP contribution in [0.2, 0.25) is 0 Å². The van der Waals surface area contributed by atoms with Gasteiger partial charge in [0.05, 0.1) is 5.69 Å². The van der Waals surface area contributed by atoms with Crippen LogP contribution in [0.25, 0.3) is 6.08 Å². The van der Waals surface area contributed by atoms with Gasteiger partial charge in [-0.1, -0.05) is 26.0 Å². The fourth-order valence-corrected chi connectivity index (χ4v) is 0.993. The molecular weight excluding hydrogens is 134 g/mol. The largest absolute Gasteiger partial charge is 0.257 e. The summed E-state index contributed by atoms with van der Waals surface area (Å²) in [5.74, 6) is 0. The lowest BCUT2D eigenvalue weighted by Crippen LogP contribution is -1.85. The van der Waals surface area contributed by atoms with Gasteiger partial charge >= 0.3 is 0 Å². The van der Waals surface area contributed by atoms with Crippen molar-refractivity contribution < 1.29 is 0 Å². The standard InChI is InChI=1S/C10H13N/c1-3-5-9-6-7-10(4-2)11-8-9/h4,6-8H,2-3,5H2,1H3. The van der Waals surface area contributed by atoms with Gasteiger partial charge in [-0.15, -0.1) is 0 Å². The van der Waals surface area contributed by atoms with Crippen LogP contribution in [0.5, 0.6) is 0 Å². The third-order valence-corrected chi connectivity index (χ3v) is 1.60. The van der Waals surface area contributed by atoms with Crippen LogP contribution in [-0.2, 0) is 6.42 Å². The van der Waals surface area contributed by atoms with Crippen LogP contribution in [-0.4, -0.2) is 4.98 Å². The highest BCUT2D eigenvalue weighted by Crippen LogP contribution is 2.03. The molecule has 11 heavy (non-hydrogen) atoms. The van der Waals surface area contributed by atoms with Gasteiger partial charge in [0.25, 0.3) is 0 Å². The zero-order valence-electron chi connectivity index (χ0n) is 6.88. The van der Waals surface area contributed by atoms with Crippen LogP contribution in [0.15, 0.2) is 24.9 Å². The first-order valence-corrected chi connectivity index (χ1v) is 3.94. The van der Waals surface area contributed by atoms with E-state index in [4.69, 9.17) is 0 Å². The van der Waals surface area contributed by atoms with Crippen molar-refractivity contribution in [2.45, 2.75) is 19.8 Å². The Morgan fingerprint density at radius 2 is 2.36 bits per heavy atom. The van der Waals surface area contributed by atoms with Gasteiger partial charge in [-0.25, -0.2) is 0 Å². The van der Waals surface area contributed by atoms with Gasteiger partial charge in [0.2, 0.25) is 0 Å². The molecule has 1 aromatic heterocycles. The van der Waals surface area contributed by atoms with Crippen LogP contribution in [0.1, 0.15) is 24.6 Å². The summed E-state index contributed by atoms with van der Waals surface area (Å²) in [4.78, 5) is 4.20. The molecule has 0 aliphatic carbocycles. The van der Waals surface area contributed by atoms with Gasteiger partial charge in [0.15, 0.2) is 0 Å². The Hall–Kier alpha value is -1.11. The predicted octanol–water partition coefficient (Wildman–Crippen LogP) is 2.68. The van der Waals surface area contributed by atoms with Crippen molar-refractivity contribution in [3.05, 3.63) is 36.2 Å². The van der Waals surface area contributed by atoms with E-state index < -0.39 is 0 Å². The van der Waals surface area contributed by atoms with E-state index >= 15 is 0 Å². The second-order valence-electron chi connectivity index (χ2n) is 2.55. The van der Waals surface area contributed by atoms with Crippen molar-refractivity contribution in [1.29, 1.82) is 0 Å². The van der Waals surface area contributed by atoms with E-state index in [-0.39, 0.29) is 0 Å². The molecule has 0 spiro atoms. The summed E-state index contributed by atoms with van der Waals surface area (Å²) in [5.41, 5.74) is 2.25. The Balaban J connectivity index is 2.74. The molecule has 0 saturated heterocycles. The van der Waals surface area contributed by atoms with Crippen molar-refractivity contribution in [3.63, 3.8) is 0 Å². The van der Waals surface area contributed by atoms with Crippen molar-refractivity contribution in [1.82, 2.24) is 4.98 Å². The molecule has 0 aromatic carbocycles. The first-order chi connectivity index (χ1) is 5.36. The van der Waals surface area contributed by atoms with Crippen LogP contribution in [0, 0.1) is 0 Å². The van der Waals surface area contributed by atoms with E-state index in [1.54, 1.807) is 6.08 Å². The third kappa shape index (κ3) is 2.19. The molecule has 0 saturated carbocycles. The molecule has 1 aromatic rings. The Labute approximate surface area is 67.8 Å². The molecular formula is C10H13N. The van der Waals surface area contributed by atoms with Gasteiger partial charge in [0.1, 0.15) is 0 Å². The molecule has 1 nitrogen and oxygen atoms in total. The molecule has 1 heterocycles. The lowest BCUT2D eigenvalue weighted by atomic mass is 10.1. The van der Waals surface area contributed by atoms with Crippen molar-refractivity contribution in [3.8, 4) is 0 Å². The molecule has 0 atom stereocenters. The van der Waals surface area contributed by atoms with E-state index in [9.17, 15) is 0 Å². The molecule has 0 unspecified atom stereocenters. The Bertz CT molecular complexity index is 223. The lowest BCUT2D eigenvalue weighted by Gasteiger charge is -1.97. The molecule has 1 rings (SSSR count). The van der Waals surface area contributed by atoms with Crippen molar-refractivity contribution in [2.75, 3.05) is 0 Å². The van der Waals surface area contributed by atoms with Gasteiger partial charge in [-0.05, 0) is 24.1 Å². The zero-order chi connectivity index (χ0) is 8.10. The monoisotopic (exact) mass is 147 g/mol. The average molecular weight is 147 g/mol. The van der Waals surface area contributed by atoms with E-state index in [0.29, 0.717) is 0 Å². The molecule has 0 bridgehead atoms. The fraction of sp³-hybridized carbons (Fsp3) is 0.300. The number of aromatic nitrogens is 1. The normalized spacial score (nSPS) is 9.55. The SMILES string of the molecule is C=Cc1ccc(CCC)cn1. The third-order valence-electron chi connectivity index (χ3n) is 1.60. The minimum atomic E-state index is 0.949. The van der Waals surface area contributed by atoms with E-state index in [1.807, 2.05) is 12.3 Å². The van der Waals surface area contributed by atoms with Crippen LogP contribution in [0.4, 0.5) is 0 Å². The minimum Gasteiger partial charge on any atom is -0.257 e. The quantitative estimate of drug-likeness (QED) is 0.640. The average Bonchev–Trinajstić information content (AvgIpc) is 2.07. The number of nitrogens with zero attached hydrogens (tertiary/aromatic N) is 1. The number of hydrogen-bond acceptors (Lipinski definition) is 1. The van der Waals surface area contributed by atoms with Gasteiger partial charge in [0, 0.05) is 6.20 Å². The van der Waals surface area contributed by atoms with Crippen molar-refractivity contribution in [2.24, 2.45) is 0 Å². The molecule has 1 heteroatoms. The van der Waals surface area contributed by atoms with Crippen LogP contribution < -0.4 is 0 Å². The Morgan fingerprint density at radius 1 is 1.55 bits per heavy atom. The molecule has 0 aliphatic heterocycles. The van der Waals surface area contributed by atoms with Crippen molar-refractivity contribution >= 4 is 6.08 Å². The molecule has 0 amide bonds. The first-order valence-electron chi connectivity index (χ1n) is 3.94. The maximum atomic E-state index is 4.20.